The van der Waals surface area contributed by atoms with Crippen LogP contribution in [0, 0.1) is 16.0 Å². The smallest absolute Gasteiger partial charge is 0.273 e. The highest BCUT2D eigenvalue weighted by Gasteiger charge is 2.29. The van der Waals surface area contributed by atoms with Crippen molar-refractivity contribution in [1.29, 1.82) is 0 Å². The first-order chi connectivity index (χ1) is 11.1. The standard InChI is InChI=1S/C18H26N2O4/c1-18(2,3)14-9-8-12(10-15(14)20(23)24)17(22)19(4)11-13-6-5-7-16(13)21/h8-10,13,16,21H,5-7,11H2,1-4H3. The zero-order valence-corrected chi connectivity index (χ0v) is 14.8. The van der Waals surface area contributed by atoms with Crippen LogP contribution in [0.5, 0.6) is 0 Å². The third-order valence-electron chi connectivity index (χ3n) is 4.72. The molecule has 6 nitrogen and oxygen atoms in total. The van der Waals surface area contributed by atoms with E-state index in [1.165, 1.54) is 6.07 Å². The number of rotatable bonds is 4. The van der Waals surface area contributed by atoms with Gasteiger partial charge in [0, 0.05) is 36.7 Å². The molecule has 0 heterocycles. The average molecular weight is 334 g/mol. The molecule has 1 aromatic carbocycles. The predicted molar refractivity (Wildman–Crippen MR) is 92.1 cm³/mol. The van der Waals surface area contributed by atoms with E-state index in [2.05, 4.69) is 0 Å². The summed E-state index contributed by atoms with van der Waals surface area (Å²) in [4.78, 5) is 25.1. The van der Waals surface area contributed by atoms with Crippen LogP contribution in [-0.2, 0) is 5.41 Å². The van der Waals surface area contributed by atoms with E-state index in [0.29, 0.717) is 17.7 Å². The number of aliphatic hydroxyl groups excluding tert-OH is 1. The molecule has 2 rings (SSSR count). The first kappa shape index (κ1) is 18.4. The van der Waals surface area contributed by atoms with E-state index >= 15 is 0 Å². The van der Waals surface area contributed by atoms with Gasteiger partial charge in [-0.15, -0.1) is 0 Å². The van der Waals surface area contributed by atoms with Gasteiger partial charge in [0.05, 0.1) is 11.0 Å². The molecule has 1 aliphatic rings. The van der Waals surface area contributed by atoms with E-state index in [9.17, 15) is 20.0 Å². The van der Waals surface area contributed by atoms with Crippen LogP contribution in [0.3, 0.4) is 0 Å². The lowest BCUT2D eigenvalue weighted by Crippen LogP contribution is -2.34. The average Bonchev–Trinajstić information content (AvgIpc) is 2.90. The van der Waals surface area contributed by atoms with Gasteiger partial charge in [-0.1, -0.05) is 33.3 Å². The molecule has 1 fully saturated rings. The number of hydrogen-bond acceptors (Lipinski definition) is 4. The minimum atomic E-state index is -0.432. The number of amides is 1. The second-order valence-electron chi connectivity index (χ2n) is 7.68. The summed E-state index contributed by atoms with van der Waals surface area (Å²) in [5.41, 5.74) is 0.523. The van der Waals surface area contributed by atoms with Gasteiger partial charge in [0.15, 0.2) is 0 Å². The fourth-order valence-corrected chi connectivity index (χ4v) is 3.34. The summed E-state index contributed by atoms with van der Waals surface area (Å²) in [6.45, 7) is 6.19. The van der Waals surface area contributed by atoms with E-state index in [-0.39, 0.29) is 29.0 Å². The molecule has 2 atom stereocenters. The van der Waals surface area contributed by atoms with Gasteiger partial charge in [0.25, 0.3) is 11.6 Å². The number of carbonyl (C=O) groups is 1. The molecular formula is C18H26N2O4. The molecular weight excluding hydrogens is 308 g/mol. The van der Waals surface area contributed by atoms with Crippen molar-refractivity contribution < 1.29 is 14.8 Å². The molecule has 1 saturated carbocycles. The summed E-state index contributed by atoms with van der Waals surface area (Å²) in [6, 6.07) is 4.69. The monoisotopic (exact) mass is 334 g/mol. The van der Waals surface area contributed by atoms with Gasteiger partial charge >= 0.3 is 0 Å². The predicted octanol–water partition coefficient (Wildman–Crippen LogP) is 3.13. The molecule has 0 saturated heterocycles. The van der Waals surface area contributed by atoms with Crippen molar-refractivity contribution in [2.45, 2.75) is 51.6 Å². The number of nitrogens with zero attached hydrogens (tertiary/aromatic N) is 2. The number of nitro groups is 1. The Morgan fingerprint density at radius 2 is 2.04 bits per heavy atom. The van der Waals surface area contributed by atoms with Crippen molar-refractivity contribution in [3.63, 3.8) is 0 Å². The molecule has 24 heavy (non-hydrogen) atoms. The second-order valence-corrected chi connectivity index (χ2v) is 7.68. The fourth-order valence-electron chi connectivity index (χ4n) is 3.34. The molecule has 6 heteroatoms. The van der Waals surface area contributed by atoms with Gasteiger partial charge in [-0.3, -0.25) is 14.9 Å². The van der Waals surface area contributed by atoms with Gasteiger partial charge in [-0.2, -0.15) is 0 Å². The van der Waals surface area contributed by atoms with E-state index in [1.807, 2.05) is 20.8 Å². The second kappa shape index (κ2) is 6.89. The maximum absolute atomic E-state index is 12.6. The van der Waals surface area contributed by atoms with Crippen LogP contribution < -0.4 is 0 Å². The summed E-state index contributed by atoms with van der Waals surface area (Å²) >= 11 is 0. The summed E-state index contributed by atoms with van der Waals surface area (Å²) in [5, 5.41) is 21.3. The van der Waals surface area contributed by atoms with Crippen molar-refractivity contribution >= 4 is 11.6 Å². The van der Waals surface area contributed by atoms with E-state index < -0.39 is 4.92 Å². The van der Waals surface area contributed by atoms with Gasteiger partial charge in [0.1, 0.15) is 0 Å². The lowest BCUT2D eigenvalue weighted by molar-refractivity contribution is -0.386. The highest BCUT2D eigenvalue weighted by molar-refractivity contribution is 5.95. The van der Waals surface area contributed by atoms with E-state index in [1.54, 1.807) is 24.1 Å². The molecule has 1 N–H and O–H groups in total. The lowest BCUT2D eigenvalue weighted by atomic mass is 9.85. The minimum absolute atomic E-state index is 0.0253. The number of carbonyl (C=O) groups excluding carboxylic acids is 1. The van der Waals surface area contributed by atoms with Crippen molar-refractivity contribution in [3.05, 3.63) is 39.4 Å². The lowest BCUT2D eigenvalue weighted by Gasteiger charge is -2.24. The Morgan fingerprint density at radius 1 is 1.38 bits per heavy atom. The molecule has 0 aliphatic heterocycles. The van der Waals surface area contributed by atoms with Crippen molar-refractivity contribution in [3.8, 4) is 0 Å². The Morgan fingerprint density at radius 3 is 2.54 bits per heavy atom. The summed E-state index contributed by atoms with van der Waals surface area (Å²) in [5.74, 6) is -0.166. The zero-order chi connectivity index (χ0) is 18.1. The number of hydrogen-bond donors (Lipinski definition) is 1. The zero-order valence-electron chi connectivity index (χ0n) is 14.8. The van der Waals surface area contributed by atoms with Crippen molar-refractivity contribution in [1.82, 2.24) is 4.90 Å². The first-order valence-corrected chi connectivity index (χ1v) is 8.33. The molecule has 1 aromatic rings. The minimum Gasteiger partial charge on any atom is -0.393 e. The normalized spacial score (nSPS) is 20.9. The summed E-state index contributed by atoms with van der Waals surface area (Å²) in [7, 11) is 1.68. The van der Waals surface area contributed by atoms with Crippen molar-refractivity contribution in [2.75, 3.05) is 13.6 Å². The maximum atomic E-state index is 12.6. The van der Waals surface area contributed by atoms with Crippen LogP contribution in [0.25, 0.3) is 0 Å². The highest BCUT2D eigenvalue weighted by Crippen LogP contribution is 2.32. The number of aliphatic hydroxyl groups is 1. The molecule has 0 radical (unpaired) electrons. The Kier molecular flexibility index (Phi) is 5.28. The van der Waals surface area contributed by atoms with Crippen LogP contribution in [0.4, 0.5) is 5.69 Å². The Hall–Kier alpha value is -1.95. The highest BCUT2D eigenvalue weighted by atomic mass is 16.6. The third-order valence-corrected chi connectivity index (χ3v) is 4.72. The molecule has 2 unspecified atom stereocenters. The molecule has 0 aromatic heterocycles. The topological polar surface area (TPSA) is 83.7 Å². The third kappa shape index (κ3) is 3.93. The summed E-state index contributed by atoms with van der Waals surface area (Å²) < 4.78 is 0. The molecule has 1 aliphatic carbocycles. The molecule has 0 spiro atoms. The number of benzene rings is 1. The quantitative estimate of drug-likeness (QED) is 0.677. The Bertz CT molecular complexity index is 636. The fraction of sp³-hybridized carbons (Fsp3) is 0.611. The first-order valence-electron chi connectivity index (χ1n) is 8.33. The Labute approximate surface area is 142 Å². The van der Waals surface area contributed by atoms with Crippen LogP contribution >= 0.6 is 0 Å². The molecule has 0 bridgehead atoms. The van der Waals surface area contributed by atoms with Crippen LogP contribution in [0.1, 0.15) is 56.0 Å². The van der Waals surface area contributed by atoms with Crippen LogP contribution in [0.2, 0.25) is 0 Å². The van der Waals surface area contributed by atoms with Gasteiger partial charge in [-0.25, -0.2) is 0 Å². The Balaban J connectivity index is 2.23. The number of nitro benzene ring substituents is 1. The SMILES string of the molecule is CN(CC1CCCC1O)C(=O)c1ccc(C(C)(C)C)c([N+](=O)[O-])c1. The van der Waals surface area contributed by atoms with E-state index in [0.717, 1.165) is 19.3 Å². The summed E-state index contributed by atoms with van der Waals surface area (Å²) in [6.07, 6.45) is 2.29. The molecule has 132 valence electrons. The largest absolute Gasteiger partial charge is 0.393 e. The van der Waals surface area contributed by atoms with Gasteiger partial charge in [-0.05, 0) is 24.3 Å². The van der Waals surface area contributed by atoms with Crippen LogP contribution in [0.15, 0.2) is 18.2 Å². The maximum Gasteiger partial charge on any atom is 0.273 e. The van der Waals surface area contributed by atoms with Gasteiger partial charge < -0.3 is 10.0 Å². The van der Waals surface area contributed by atoms with Crippen molar-refractivity contribution in [2.24, 2.45) is 5.92 Å². The van der Waals surface area contributed by atoms with Crippen LogP contribution in [-0.4, -0.2) is 40.5 Å². The van der Waals surface area contributed by atoms with E-state index in [4.69, 9.17) is 0 Å². The van der Waals surface area contributed by atoms with Gasteiger partial charge in [0.2, 0.25) is 0 Å². The molecule has 1 amide bonds.